The van der Waals surface area contributed by atoms with Gasteiger partial charge in [0.1, 0.15) is 34.7 Å². The molecular weight excluding hydrogens is 474 g/mol. The van der Waals surface area contributed by atoms with Gasteiger partial charge in [0.2, 0.25) is 0 Å². The fourth-order valence-electron chi connectivity index (χ4n) is 3.02. The van der Waals surface area contributed by atoms with Crippen LogP contribution in [0, 0.1) is 18.6 Å². The molecule has 0 aliphatic carbocycles. The Kier molecular flexibility index (Phi) is 6.65. The highest BCUT2D eigenvalue weighted by Crippen LogP contribution is 2.26. The molecule has 0 radical (unpaired) electrons. The van der Waals surface area contributed by atoms with Crippen LogP contribution in [0.1, 0.15) is 32.0 Å². The first-order valence-electron chi connectivity index (χ1n) is 9.07. The standard InChI is InChI=1S/C22H17BrF2N2O4/c1-12-7-19(31-11-14-4-5-15(24)9-17(14)25)20(23)22(30)27(12)18-6-3-13(10-28)8-16(18)21(29)26-2/h3-10H,11H2,1-2H3,(H,26,29). The Balaban J connectivity index is 2.04. The average molecular weight is 491 g/mol. The zero-order chi connectivity index (χ0) is 22.7. The van der Waals surface area contributed by atoms with Crippen LogP contribution in [-0.4, -0.2) is 23.8 Å². The van der Waals surface area contributed by atoms with Gasteiger partial charge in [-0.2, -0.15) is 0 Å². The van der Waals surface area contributed by atoms with Crippen LogP contribution >= 0.6 is 15.9 Å². The summed E-state index contributed by atoms with van der Waals surface area (Å²) < 4.78 is 33.9. The molecule has 0 saturated carbocycles. The summed E-state index contributed by atoms with van der Waals surface area (Å²) in [6, 6.07) is 9.07. The number of pyridine rings is 1. The Morgan fingerprint density at radius 2 is 1.94 bits per heavy atom. The number of aromatic nitrogens is 1. The molecule has 6 nitrogen and oxygen atoms in total. The highest BCUT2D eigenvalue weighted by molar-refractivity contribution is 9.10. The number of hydrogen-bond acceptors (Lipinski definition) is 4. The van der Waals surface area contributed by atoms with Crippen molar-refractivity contribution in [2.24, 2.45) is 0 Å². The minimum absolute atomic E-state index is 0.0583. The molecular formula is C22H17BrF2N2O4. The predicted octanol–water partition coefficient (Wildman–Crippen LogP) is 3.94. The monoisotopic (exact) mass is 490 g/mol. The van der Waals surface area contributed by atoms with Gasteiger partial charge in [0.15, 0.2) is 0 Å². The normalized spacial score (nSPS) is 10.6. The van der Waals surface area contributed by atoms with Gasteiger partial charge in [-0.3, -0.25) is 19.0 Å². The van der Waals surface area contributed by atoms with Crippen LogP contribution in [0.4, 0.5) is 8.78 Å². The lowest BCUT2D eigenvalue weighted by molar-refractivity contribution is 0.0963. The number of amides is 1. The molecule has 0 unspecified atom stereocenters. The number of nitrogens with zero attached hydrogens (tertiary/aromatic N) is 1. The second-order valence-electron chi connectivity index (χ2n) is 6.60. The van der Waals surface area contributed by atoms with Crippen molar-refractivity contribution in [1.29, 1.82) is 0 Å². The molecule has 0 aliphatic rings. The summed E-state index contributed by atoms with van der Waals surface area (Å²) in [7, 11) is 1.44. The lowest BCUT2D eigenvalue weighted by atomic mass is 10.1. The molecule has 1 heterocycles. The van der Waals surface area contributed by atoms with Gasteiger partial charge in [0.25, 0.3) is 11.5 Å². The van der Waals surface area contributed by atoms with Crippen molar-refractivity contribution in [2.45, 2.75) is 13.5 Å². The minimum atomic E-state index is -0.758. The molecule has 0 spiro atoms. The molecule has 0 bridgehead atoms. The number of aryl methyl sites for hydroxylation is 1. The van der Waals surface area contributed by atoms with Gasteiger partial charge in [0.05, 0.1) is 11.3 Å². The zero-order valence-electron chi connectivity index (χ0n) is 16.5. The number of nitrogens with one attached hydrogen (secondary N) is 1. The molecule has 0 saturated heterocycles. The van der Waals surface area contributed by atoms with Gasteiger partial charge in [-0.1, -0.05) is 0 Å². The van der Waals surface area contributed by atoms with E-state index in [0.29, 0.717) is 12.0 Å². The van der Waals surface area contributed by atoms with Crippen molar-refractivity contribution in [3.05, 3.63) is 91.3 Å². The van der Waals surface area contributed by atoms with E-state index in [9.17, 15) is 23.2 Å². The van der Waals surface area contributed by atoms with Crippen LogP contribution in [0.25, 0.3) is 5.69 Å². The lowest BCUT2D eigenvalue weighted by Crippen LogP contribution is -2.26. The van der Waals surface area contributed by atoms with Crippen molar-refractivity contribution in [1.82, 2.24) is 9.88 Å². The first kappa shape index (κ1) is 22.4. The van der Waals surface area contributed by atoms with Gasteiger partial charge in [-0.25, -0.2) is 8.78 Å². The first-order valence-corrected chi connectivity index (χ1v) is 9.86. The van der Waals surface area contributed by atoms with Crippen LogP contribution in [0.5, 0.6) is 5.75 Å². The van der Waals surface area contributed by atoms with Gasteiger partial charge < -0.3 is 10.1 Å². The summed E-state index contributed by atoms with van der Waals surface area (Å²) in [5.74, 6) is -1.76. The Morgan fingerprint density at radius 3 is 2.58 bits per heavy atom. The third-order valence-electron chi connectivity index (χ3n) is 4.57. The van der Waals surface area contributed by atoms with E-state index in [1.54, 1.807) is 13.0 Å². The van der Waals surface area contributed by atoms with Gasteiger partial charge in [-0.15, -0.1) is 0 Å². The predicted molar refractivity (Wildman–Crippen MR) is 114 cm³/mol. The van der Waals surface area contributed by atoms with Crippen molar-refractivity contribution in [3.63, 3.8) is 0 Å². The summed E-state index contributed by atoms with van der Waals surface area (Å²) in [4.78, 5) is 36.5. The van der Waals surface area contributed by atoms with E-state index >= 15 is 0 Å². The Bertz CT molecular complexity index is 1240. The maximum Gasteiger partial charge on any atom is 0.273 e. The highest BCUT2D eigenvalue weighted by atomic mass is 79.9. The zero-order valence-corrected chi connectivity index (χ0v) is 18.1. The minimum Gasteiger partial charge on any atom is -0.487 e. The Labute approximate surface area is 184 Å². The molecule has 3 rings (SSSR count). The third-order valence-corrected chi connectivity index (χ3v) is 5.30. The number of carbonyl (C=O) groups is 2. The fourth-order valence-corrected chi connectivity index (χ4v) is 3.42. The number of benzene rings is 2. The molecule has 31 heavy (non-hydrogen) atoms. The molecule has 3 aromatic rings. The quantitative estimate of drug-likeness (QED) is 0.531. The summed E-state index contributed by atoms with van der Waals surface area (Å²) >= 11 is 3.20. The molecule has 160 valence electrons. The van der Waals surface area contributed by atoms with Crippen LogP contribution in [0.15, 0.2) is 51.7 Å². The first-order chi connectivity index (χ1) is 14.8. The number of aldehydes is 1. The van der Waals surface area contributed by atoms with Crippen LogP contribution in [0.3, 0.4) is 0 Å². The molecule has 9 heteroatoms. The molecule has 0 fully saturated rings. The Morgan fingerprint density at radius 1 is 1.19 bits per heavy atom. The number of ether oxygens (including phenoxy) is 1. The van der Waals surface area contributed by atoms with Crippen LogP contribution in [-0.2, 0) is 6.61 Å². The number of rotatable bonds is 6. The molecule has 1 aromatic heterocycles. The summed E-state index contributed by atoms with van der Waals surface area (Å²) in [5, 5.41) is 2.49. The second kappa shape index (κ2) is 9.22. The van der Waals surface area contributed by atoms with E-state index in [4.69, 9.17) is 4.74 Å². The number of carbonyl (C=O) groups excluding carboxylic acids is 2. The third kappa shape index (κ3) is 4.56. The topological polar surface area (TPSA) is 77.4 Å². The van der Waals surface area contributed by atoms with Crippen LogP contribution < -0.4 is 15.6 Å². The molecule has 0 atom stereocenters. The fraction of sp³-hybridized carbons (Fsp3) is 0.136. The SMILES string of the molecule is CNC(=O)c1cc(C=O)ccc1-n1c(C)cc(OCc2ccc(F)cc2F)c(Br)c1=O. The van der Waals surface area contributed by atoms with E-state index in [1.165, 1.54) is 35.9 Å². The van der Waals surface area contributed by atoms with Crippen molar-refractivity contribution >= 4 is 28.1 Å². The lowest BCUT2D eigenvalue weighted by Gasteiger charge is -2.17. The van der Waals surface area contributed by atoms with Crippen molar-refractivity contribution in [3.8, 4) is 11.4 Å². The smallest absolute Gasteiger partial charge is 0.273 e. The van der Waals surface area contributed by atoms with E-state index < -0.39 is 23.1 Å². The maximum atomic E-state index is 13.9. The summed E-state index contributed by atoms with van der Waals surface area (Å²) in [6.07, 6.45) is 0.604. The number of halogens is 3. The summed E-state index contributed by atoms with van der Waals surface area (Å²) in [5.41, 5.74) is 0.760. The van der Waals surface area contributed by atoms with Crippen LogP contribution in [0.2, 0.25) is 0 Å². The highest BCUT2D eigenvalue weighted by Gasteiger charge is 2.19. The van der Waals surface area contributed by atoms with E-state index in [2.05, 4.69) is 21.2 Å². The van der Waals surface area contributed by atoms with Crippen molar-refractivity contribution < 1.29 is 23.1 Å². The van der Waals surface area contributed by atoms with Gasteiger partial charge >= 0.3 is 0 Å². The van der Waals surface area contributed by atoms with Gasteiger partial charge in [0, 0.05) is 36.0 Å². The second-order valence-corrected chi connectivity index (χ2v) is 7.40. The molecule has 0 aliphatic heterocycles. The molecule has 1 N–H and O–H groups in total. The van der Waals surface area contributed by atoms with Crippen molar-refractivity contribution in [2.75, 3.05) is 7.05 Å². The molecule has 2 aromatic carbocycles. The largest absolute Gasteiger partial charge is 0.487 e. The Hall–Kier alpha value is -3.33. The molecule has 1 amide bonds. The average Bonchev–Trinajstić information content (AvgIpc) is 2.75. The van der Waals surface area contributed by atoms with Gasteiger partial charge in [-0.05, 0) is 53.2 Å². The van der Waals surface area contributed by atoms with E-state index in [1.807, 2.05) is 0 Å². The maximum absolute atomic E-state index is 13.9. The number of hydrogen-bond donors (Lipinski definition) is 1. The summed E-state index contributed by atoms with van der Waals surface area (Å²) in [6.45, 7) is 1.42. The van der Waals surface area contributed by atoms with E-state index in [-0.39, 0.29) is 39.2 Å². The van der Waals surface area contributed by atoms with E-state index in [0.717, 1.165) is 12.1 Å².